The van der Waals surface area contributed by atoms with E-state index in [0.717, 1.165) is 23.1 Å². The van der Waals surface area contributed by atoms with E-state index in [2.05, 4.69) is 6.07 Å². The van der Waals surface area contributed by atoms with E-state index in [1.165, 1.54) is 9.87 Å². The molecule has 6 heteroatoms. The van der Waals surface area contributed by atoms with Crippen LogP contribution in [-0.4, -0.2) is 44.2 Å². The molecule has 5 nitrogen and oxygen atoms in total. The van der Waals surface area contributed by atoms with Gasteiger partial charge in [0.2, 0.25) is 15.9 Å². The first kappa shape index (κ1) is 17.2. The Morgan fingerprint density at radius 2 is 1.81 bits per heavy atom. The normalized spacial score (nSPS) is 18.9. The van der Waals surface area contributed by atoms with Crippen molar-refractivity contribution in [1.29, 1.82) is 0 Å². The first-order valence-electron chi connectivity index (χ1n) is 8.79. The summed E-state index contributed by atoms with van der Waals surface area (Å²) in [5.74, 6) is 0.0941. The Hall–Kier alpha value is -2.18. The summed E-state index contributed by atoms with van der Waals surface area (Å²) in [4.78, 5) is 15.2. The van der Waals surface area contributed by atoms with Gasteiger partial charge in [0.05, 0.1) is 10.8 Å². The first-order valence-corrected chi connectivity index (χ1v) is 10.2. The molecule has 1 aliphatic carbocycles. The summed E-state index contributed by atoms with van der Waals surface area (Å²) < 4.78 is 26.4. The Kier molecular flexibility index (Phi) is 4.12. The van der Waals surface area contributed by atoms with Crippen LogP contribution in [0.3, 0.4) is 0 Å². The number of carbonyl (C=O) groups excluding carboxylic acids is 1. The molecule has 26 heavy (non-hydrogen) atoms. The molecule has 2 aromatic rings. The van der Waals surface area contributed by atoms with Gasteiger partial charge in [-0.15, -0.1) is 0 Å². The number of hydrogen-bond acceptors (Lipinski definition) is 3. The zero-order valence-electron chi connectivity index (χ0n) is 15.0. The van der Waals surface area contributed by atoms with Crippen molar-refractivity contribution < 1.29 is 13.2 Å². The number of hydrogen-bond donors (Lipinski definition) is 0. The van der Waals surface area contributed by atoms with Crippen LogP contribution in [0.15, 0.2) is 47.4 Å². The zero-order valence-corrected chi connectivity index (χ0v) is 15.8. The number of nitrogens with zero attached hydrogens (tertiary/aromatic N) is 2. The highest BCUT2D eigenvalue weighted by atomic mass is 32.2. The molecule has 0 saturated heterocycles. The van der Waals surface area contributed by atoms with Gasteiger partial charge in [0.15, 0.2) is 0 Å². The van der Waals surface area contributed by atoms with Gasteiger partial charge in [0.1, 0.15) is 0 Å². The molecule has 0 N–H and O–H groups in total. The van der Waals surface area contributed by atoms with Gasteiger partial charge in [-0.1, -0.05) is 36.4 Å². The quantitative estimate of drug-likeness (QED) is 0.832. The van der Waals surface area contributed by atoms with Crippen LogP contribution in [0.4, 0.5) is 0 Å². The van der Waals surface area contributed by atoms with Crippen molar-refractivity contribution in [2.45, 2.75) is 30.2 Å². The molecule has 1 amide bonds. The summed E-state index contributed by atoms with van der Waals surface area (Å²) in [5, 5.41) is 0. The number of rotatable bonds is 3. The Labute approximate surface area is 154 Å². The zero-order chi connectivity index (χ0) is 18.5. The molecule has 0 aromatic heterocycles. The molecule has 0 radical (unpaired) electrons. The van der Waals surface area contributed by atoms with Gasteiger partial charge in [-0.3, -0.25) is 4.79 Å². The number of amides is 1. The van der Waals surface area contributed by atoms with Gasteiger partial charge in [0, 0.05) is 27.2 Å². The average molecular weight is 370 g/mol. The fraction of sp³-hybridized carbons (Fsp3) is 0.350. The minimum Gasteiger partial charge on any atom is -0.337 e. The molecular formula is C20H22N2O3S. The Morgan fingerprint density at radius 1 is 1.08 bits per heavy atom. The van der Waals surface area contributed by atoms with Gasteiger partial charge in [0.25, 0.3) is 0 Å². The maximum atomic E-state index is 12.9. The standard InChI is InChI=1S/C20H22N2O3S/c1-21(2)26(24,25)19-9-5-7-15-13-22(11-10-17(15)19)20(23)18-12-14-6-3-4-8-16(14)18/h3-9,18H,10-13H2,1-2H3. The lowest BCUT2D eigenvalue weighted by Crippen LogP contribution is -2.42. The monoisotopic (exact) mass is 370 g/mol. The molecule has 0 fully saturated rings. The summed E-state index contributed by atoms with van der Waals surface area (Å²) in [7, 11) is -0.390. The number of sulfonamides is 1. The van der Waals surface area contributed by atoms with Crippen LogP contribution in [-0.2, 0) is 34.2 Å². The second kappa shape index (κ2) is 6.21. The van der Waals surface area contributed by atoms with Crippen molar-refractivity contribution in [2.24, 2.45) is 0 Å². The Balaban J connectivity index is 1.59. The average Bonchev–Trinajstić information content (AvgIpc) is 2.61. The molecule has 1 unspecified atom stereocenters. The maximum Gasteiger partial charge on any atom is 0.242 e. The molecule has 1 heterocycles. The first-order chi connectivity index (χ1) is 12.4. The van der Waals surface area contributed by atoms with Crippen LogP contribution in [0.2, 0.25) is 0 Å². The van der Waals surface area contributed by atoms with Gasteiger partial charge in [-0.25, -0.2) is 12.7 Å². The van der Waals surface area contributed by atoms with E-state index in [4.69, 9.17) is 0 Å². The van der Waals surface area contributed by atoms with Crippen LogP contribution in [0.5, 0.6) is 0 Å². The second-order valence-corrected chi connectivity index (χ2v) is 9.27. The molecule has 1 atom stereocenters. The van der Waals surface area contributed by atoms with Crippen LogP contribution in [0.1, 0.15) is 28.2 Å². The second-order valence-electron chi connectivity index (χ2n) is 7.15. The lowest BCUT2D eigenvalue weighted by Gasteiger charge is -2.36. The number of fused-ring (bicyclic) bond motifs is 2. The van der Waals surface area contributed by atoms with Crippen molar-refractivity contribution in [3.8, 4) is 0 Å². The van der Waals surface area contributed by atoms with E-state index in [-0.39, 0.29) is 11.8 Å². The lowest BCUT2D eigenvalue weighted by molar-refractivity contribution is -0.134. The van der Waals surface area contributed by atoms with Crippen LogP contribution in [0, 0.1) is 0 Å². The van der Waals surface area contributed by atoms with Crippen molar-refractivity contribution in [1.82, 2.24) is 9.21 Å². The van der Waals surface area contributed by atoms with E-state index in [9.17, 15) is 13.2 Å². The Morgan fingerprint density at radius 3 is 2.54 bits per heavy atom. The maximum absolute atomic E-state index is 12.9. The van der Waals surface area contributed by atoms with Crippen molar-refractivity contribution in [3.63, 3.8) is 0 Å². The number of benzene rings is 2. The molecule has 0 spiro atoms. The highest BCUT2D eigenvalue weighted by molar-refractivity contribution is 7.89. The molecule has 2 aromatic carbocycles. The third kappa shape index (κ3) is 2.64. The van der Waals surface area contributed by atoms with Gasteiger partial charge >= 0.3 is 0 Å². The highest BCUT2D eigenvalue weighted by Gasteiger charge is 2.36. The smallest absolute Gasteiger partial charge is 0.242 e. The third-order valence-corrected chi connectivity index (χ3v) is 7.35. The lowest BCUT2D eigenvalue weighted by atomic mass is 9.76. The topological polar surface area (TPSA) is 57.7 Å². The molecule has 2 aliphatic rings. The highest BCUT2D eigenvalue weighted by Crippen LogP contribution is 2.37. The van der Waals surface area contributed by atoms with Crippen LogP contribution < -0.4 is 0 Å². The molecule has 136 valence electrons. The predicted molar refractivity (Wildman–Crippen MR) is 99.3 cm³/mol. The fourth-order valence-corrected chi connectivity index (χ4v) is 5.09. The van der Waals surface area contributed by atoms with Crippen LogP contribution >= 0.6 is 0 Å². The van der Waals surface area contributed by atoms with Crippen molar-refractivity contribution in [3.05, 3.63) is 64.7 Å². The SMILES string of the molecule is CN(C)S(=O)(=O)c1cccc2c1CCN(C(=O)C1Cc3ccccc31)C2. The summed E-state index contributed by atoms with van der Waals surface area (Å²) >= 11 is 0. The predicted octanol–water partition coefficient (Wildman–Crippen LogP) is 2.16. The summed E-state index contributed by atoms with van der Waals surface area (Å²) in [6.45, 7) is 1.04. The molecule has 4 rings (SSSR count). The minimum absolute atomic E-state index is 0.0542. The van der Waals surface area contributed by atoms with Gasteiger partial charge in [-0.05, 0) is 41.2 Å². The largest absolute Gasteiger partial charge is 0.337 e. The molecule has 0 bridgehead atoms. The molecule has 0 saturated carbocycles. The van der Waals surface area contributed by atoms with Crippen molar-refractivity contribution >= 4 is 15.9 Å². The molecular weight excluding hydrogens is 348 g/mol. The van der Waals surface area contributed by atoms with E-state index in [0.29, 0.717) is 24.4 Å². The van der Waals surface area contributed by atoms with Gasteiger partial charge in [-0.2, -0.15) is 0 Å². The van der Waals surface area contributed by atoms with E-state index in [1.54, 1.807) is 26.2 Å². The number of carbonyl (C=O) groups is 1. The Bertz CT molecular complexity index is 982. The van der Waals surface area contributed by atoms with E-state index >= 15 is 0 Å². The van der Waals surface area contributed by atoms with Crippen molar-refractivity contribution in [2.75, 3.05) is 20.6 Å². The minimum atomic E-state index is -3.48. The summed E-state index contributed by atoms with van der Waals surface area (Å²) in [5.41, 5.74) is 4.16. The summed E-state index contributed by atoms with van der Waals surface area (Å²) in [6, 6.07) is 13.4. The van der Waals surface area contributed by atoms with E-state index < -0.39 is 10.0 Å². The third-order valence-electron chi connectivity index (χ3n) is 5.45. The fourth-order valence-electron chi connectivity index (χ4n) is 3.90. The van der Waals surface area contributed by atoms with Crippen LogP contribution in [0.25, 0.3) is 0 Å². The molecule has 1 aliphatic heterocycles. The summed E-state index contributed by atoms with van der Waals surface area (Å²) in [6.07, 6.45) is 1.37. The van der Waals surface area contributed by atoms with Gasteiger partial charge < -0.3 is 4.90 Å². The van der Waals surface area contributed by atoms with E-state index in [1.807, 2.05) is 29.2 Å².